The third-order valence-corrected chi connectivity index (χ3v) is 0. The van der Waals surface area contributed by atoms with Gasteiger partial charge < -0.3 is 0 Å². The molecular weight excluding hydrogens is 234 g/mol. The van der Waals surface area contributed by atoms with Crippen molar-refractivity contribution >= 4 is 24.8 Å². The van der Waals surface area contributed by atoms with Crippen molar-refractivity contribution in [1.82, 2.24) is 0 Å². The summed E-state index contributed by atoms with van der Waals surface area (Å²) >= 11 is 0.300. The topological polar surface area (TPSA) is 17.1 Å². The van der Waals surface area contributed by atoms with Crippen LogP contribution in [0, 0.1) is 0 Å². The van der Waals surface area contributed by atoms with Crippen molar-refractivity contribution in [3.63, 3.8) is 0 Å². The normalized spacial score (nSPS) is 0.600. The van der Waals surface area contributed by atoms with Crippen molar-refractivity contribution in [2.24, 2.45) is 0 Å². The molecule has 0 aromatic heterocycles. The van der Waals surface area contributed by atoms with Gasteiger partial charge in [0.1, 0.15) is 0 Å². The molecule has 0 atom stereocenters. The van der Waals surface area contributed by atoms with Gasteiger partial charge in [-0.3, -0.25) is 0 Å². The SMILES string of the molecule is Cl.Cl.[Fe].[O]=[Zr]. The van der Waals surface area contributed by atoms with E-state index < -0.39 is 0 Å². The summed E-state index contributed by atoms with van der Waals surface area (Å²) in [6.45, 7) is 0. The minimum absolute atomic E-state index is 0. The second-order valence-corrected chi connectivity index (χ2v) is 0. The van der Waals surface area contributed by atoms with Crippen molar-refractivity contribution in [1.29, 1.82) is 0 Å². The molecule has 0 saturated carbocycles. The summed E-state index contributed by atoms with van der Waals surface area (Å²) < 4.78 is 8.34. The number of rotatable bonds is 0. The Bertz CT molecular complexity index is 9.61. The molecule has 34 valence electrons. The van der Waals surface area contributed by atoms with Gasteiger partial charge in [0.15, 0.2) is 0 Å². The van der Waals surface area contributed by atoms with Gasteiger partial charge in [0.25, 0.3) is 0 Å². The molecule has 0 aliphatic rings. The Balaban J connectivity index is -0.00000000167. The van der Waals surface area contributed by atoms with Gasteiger partial charge in [-0.15, -0.1) is 24.8 Å². The van der Waals surface area contributed by atoms with E-state index in [1.54, 1.807) is 0 Å². The first-order chi connectivity index (χ1) is 1.00. The van der Waals surface area contributed by atoms with Crippen LogP contribution < -0.4 is 0 Å². The van der Waals surface area contributed by atoms with E-state index in [1.165, 1.54) is 0 Å². The number of hydrogen-bond donors (Lipinski definition) is 0. The molecule has 0 saturated heterocycles. The Morgan fingerprint density at radius 1 is 1.00 bits per heavy atom. The third kappa shape index (κ3) is 26.0. The van der Waals surface area contributed by atoms with Gasteiger partial charge in [-0.1, -0.05) is 0 Å². The second-order valence-electron chi connectivity index (χ2n) is 0. The molecule has 0 N–H and O–H groups in total. The molecule has 0 fully saturated rings. The molecule has 0 aliphatic carbocycles. The molecule has 0 aromatic rings. The summed E-state index contributed by atoms with van der Waals surface area (Å²) in [6, 6.07) is 0. The monoisotopic (exact) mass is 234 g/mol. The zero-order valence-corrected chi connectivity index (χ0v) is 7.27. The molecule has 0 rings (SSSR count). The first-order valence-electron chi connectivity index (χ1n) is 0.204. The van der Waals surface area contributed by atoms with Crippen LogP contribution >= 0.6 is 24.8 Å². The Labute approximate surface area is 68.9 Å². The zero-order valence-electron chi connectivity index (χ0n) is 2.08. The Kier molecular flexibility index (Phi) is 244. The molecule has 0 aromatic carbocycles. The van der Waals surface area contributed by atoms with E-state index in [0.29, 0.717) is 24.7 Å². The van der Waals surface area contributed by atoms with Crippen molar-refractivity contribution < 1.29 is 44.6 Å². The number of hydrogen-bond acceptors (Lipinski definition) is 1. The minimum atomic E-state index is 0. The molecule has 0 amide bonds. The van der Waals surface area contributed by atoms with Gasteiger partial charge >= 0.3 is 27.5 Å². The van der Waals surface area contributed by atoms with Crippen molar-refractivity contribution in [2.75, 3.05) is 0 Å². The van der Waals surface area contributed by atoms with Crippen LogP contribution in [-0.2, 0) is 44.6 Å². The summed E-state index contributed by atoms with van der Waals surface area (Å²) in [7, 11) is 0. The molecule has 5 heavy (non-hydrogen) atoms. The molecular formula is H2Cl2FeOZr. The van der Waals surface area contributed by atoms with E-state index in [9.17, 15) is 0 Å². The van der Waals surface area contributed by atoms with Crippen molar-refractivity contribution in [2.45, 2.75) is 0 Å². The van der Waals surface area contributed by atoms with Gasteiger partial charge in [0.05, 0.1) is 0 Å². The fourth-order valence-electron chi connectivity index (χ4n) is 0. The predicted molar refractivity (Wildman–Crippen MR) is 15.2 cm³/mol. The summed E-state index contributed by atoms with van der Waals surface area (Å²) in [5.41, 5.74) is 0. The molecule has 0 heterocycles. The maximum atomic E-state index is 8.34. The van der Waals surface area contributed by atoms with E-state index in [0.717, 1.165) is 0 Å². The fraction of sp³-hybridized carbons (Fsp3) is 0. The van der Waals surface area contributed by atoms with Crippen LogP contribution in [0.1, 0.15) is 0 Å². The summed E-state index contributed by atoms with van der Waals surface area (Å²) in [5.74, 6) is 0. The Hall–Kier alpha value is 1.78. The van der Waals surface area contributed by atoms with Crippen LogP contribution in [0.25, 0.3) is 0 Å². The van der Waals surface area contributed by atoms with Gasteiger partial charge in [-0.05, 0) is 0 Å². The van der Waals surface area contributed by atoms with Gasteiger partial charge in [0, 0.05) is 17.1 Å². The van der Waals surface area contributed by atoms with E-state index in [2.05, 4.69) is 0 Å². The maximum absolute atomic E-state index is 8.34. The summed E-state index contributed by atoms with van der Waals surface area (Å²) in [6.07, 6.45) is 0. The molecule has 0 unspecified atom stereocenters. The second kappa shape index (κ2) is 41.6. The standard InChI is InChI=1S/2ClH.Fe.O.Zr/h2*1H;;;. The molecule has 5 heteroatoms. The molecule has 0 radical (unpaired) electrons. The third-order valence-electron chi connectivity index (χ3n) is 0. The molecule has 0 spiro atoms. The summed E-state index contributed by atoms with van der Waals surface area (Å²) in [5, 5.41) is 0. The average molecular weight is 236 g/mol. The molecule has 0 aliphatic heterocycles. The van der Waals surface area contributed by atoms with E-state index in [1.807, 2.05) is 0 Å². The van der Waals surface area contributed by atoms with Crippen LogP contribution in [0.15, 0.2) is 0 Å². The van der Waals surface area contributed by atoms with E-state index in [4.69, 9.17) is 2.81 Å². The Morgan fingerprint density at radius 2 is 1.00 bits per heavy atom. The van der Waals surface area contributed by atoms with E-state index in [-0.39, 0.29) is 41.9 Å². The first kappa shape index (κ1) is 29.3. The van der Waals surface area contributed by atoms with Gasteiger partial charge in [-0.2, -0.15) is 0 Å². The fourth-order valence-corrected chi connectivity index (χ4v) is 0. The van der Waals surface area contributed by atoms with Gasteiger partial charge in [-0.25, -0.2) is 0 Å². The molecule has 1 nitrogen and oxygen atoms in total. The van der Waals surface area contributed by atoms with Crippen LogP contribution in [0.5, 0.6) is 0 Å². The average Bonchev–Trinajstić information content (AvgIpc) is 1.00. The van der Waals surface area contributed by atoms with E-state index >= 15 is 0 Å². The zero-order chi connectivity index (χ0) is 2.00. The number of halogens is 2. The van der Waals surface area contributed by atoms with Crippen molar-refractivity contribution in [3.8, 4) is 0 Å². The van der Waals surface area contributed by atoms with Crippen LogP contribution in [0.2, 0.25) is 0 Å². The summed E-state index contributed by atoms with van der Waals surface area (Å²) in [4.78, 5) is 0. The molecule has 0 bridgehead atoms. The Morgan fingerprint density at radius 3 is 1.00 bits per heavy atom. The van der Waals surface area contributed by atoms with Crippen LogP contribution in [0.4, 0.5) is 0 Å². The van der Waals surface area contributed by atoms with Crippen molar-refractivity contribution in [3.05, 3.63) is 0 Å². The van der Waals surface area contributed by atoms with Crippen LogP contribution in [-0.4, -0.2) is 0 Å². The van der Waals surface area contributed by atoms with Crippen LogP contribution in [0.3, 0.4) is 0 Å². The predicted octanol–water partition coefficient (Wildman–Crippen LogP) is 0.720. The first-order valence-corrected chi connectivity index (χ1v) is 1.21. The van der Waals surface area contributed by atoms with Gasteiger partial charge in [0.2, 0.25) is 0 Å². The quantitative estimate of drug-likeness (QED) is 0.566.